The Morgan fingerprint density at radius 1 is 1.61 bits per heavy atom. The van der Waals surface area contributed by atoms with Crippen molar-refractivity contribution < 1.29 is 9.53 Å². The number of carbonyl (C=O) groups is 1. The summed E-state index contributed by atoms with van der Waals surface area (Å²) in [5, 5.41) is 14.3. The number of nitrogens with zero attached hydrogens (tertiary/aromatic N) is 2. The van der Waals surface area contributed by atoms with Gasteiger partial charge in [0, 0.05) is 19.9 Å². The predicted molar refractivity (Wildman–Crippen MR) is 66.9 cm³/mol. The lowest BCUT2D eigenvalue weighted by Gasteiger charge is -2.14. The molecule has 0 fully saturated rings. The zero-order valence-corrected chi connectivity index (χ0v) is 10.4. The van der Waals surface area contributed by atoms with E-state index in [1.807, 2.05) is 6.07 Å². The van der Waals surface area contributed by atoms with Gasteiger partial charge in [0.05, 0.1) is 12.2 Å². The van der Waals surface area contributed by atoms with Gasteiger partial charge in [-0.25, -0.2) is 4.98 Å². The summed E-state index contributed by atoms with van der Waals surface area (Å²) in [6.45, 7) is 2.69. The first-order valence-corrected chi connectivity index (χ1v) is 5.56. The SMILES string of the molecule is COCCNC(=O)C(C)Nc1ccc(C#N)cn1. The van der Waals surface area contributed by atoms with E-state index in [0.29, 0.717) is 24.5 Å². The first kappa shape index (κ1) is 13.9. The van der Waals surface area contributed by atoms with E-state index in [1.165, 1.54) is 6.20 Å². The van der Waals surface area contributed by atoms with Gasteiger partial charge in [0.1, 0.15) is 17.9 Å². The molecule has 1 aromatic heterocycles. The number of hydrogen-bond donors (Lipinski definition) is 2. The number of rotatable bonds is 6. The minimum atomic E-state index is -0.401. The molecule has 18 heavy (non-hydrogen) atoms. The summed E-state index contributed by atoms with van der Waals surface area (Å²) in [6.07, 6.45) is 1.46. The van der Waals surface area contributed by atoms with Crippen LogP contribution in [0.25, 0.3) is 0 Å². The van der Waals surface area contributed by atoms with Crippen LogP contribution in [0.15, 0.2) is 18.3 Å². The Kier molecular flexibility index (Phi) is 5.61. The quantitative estimate of drug-likeness (QED) is 0.716. The van der Waals surface area contributed by atoms with Gasteiger partial charge in [-0.15, -0.1) is 0 Å². The number of anilines is 1. The summed E-state index contributed by atoms with van der Waals surface area (Å²) in [7, 11) is 1.58. The summed E-state index contributed by atoms with van der Waals surface area (Å²) < 4.78 is 4.84. The lowest BCUT2D eigenvalue weighted by Crippen LogP contribution is -2.39. The van der Waals surface area contributed by atoms with E-state index >= 15 is 0 Å². The van der Waals surface area contributed by atoms with Crippen LogP contribution in [0.3, 0.4) is 0 Å². The lowest BCUT2D eigenvalue weighted by molar-refractivity contribution is -0.121. The topological polar surface area (TPSA) is 87.0 Å². The molecule has 1 rings (SSSR count). The number of aromatic nitrogens is 1. The van der Waals surface area contributed by atoms with Gasteiger partial charge in [-0.05, 0) is 19.1 Å². The molecular formula is C12H16N4O2. The fraction of sp³-hybridized carbons (Fsp3) is 0.417. The normalized spacial score (nSPS) is 11.4. The van der Waals surface area contributed by atoms with Gasteiger partial charge in [0.15, 0.2) is 0 Å². The van der Waals surface area contributed by atoms with Crippen molar-refractivity contribution in [2.45, 2.75) is 13.0 Å². The van der Waals surface area contributed by atoms with E-state index in [4.69, 9.17) is 10.00 Å². The van der Waals surface area contributed by atoms with Crippen LogP contribution in [0.5, 0.6) is 0 Å². The van der Waals surface area contributed by atoms with E-state index in [-0.39, 0.29) is 5.91 Å². The Hall–Kier alpha value is -2.13. The molecule has 6 nitrogen and oxygen atoms in total. The third kappa shape index (κ3) is 4.39. The number of nitriles is 1. The highest BCUT2D eigenvalue weighted by Crippen LogP contribution is 2.05. The molecule has 0 spiro atoms. The van der Waals surface area contributed by atoms with Crippen molar-refractivity contribution >= 4 is 11.7 Å². The van der Waals surface area contributed by atoms with E-state index in [1.54, 1.807) is 26.2 Å². The second-order valence-corrected chi connectivity index (χ2v) is 3.69. The van der Waals surface area contributed by atoms with Crippen LogP contribution >= 0.6 is 0 Å². The average molecular weight is 248 g/mol. The lowest BCUT2D eigenvalue weighted by atomic mass is 10.3. The van der Waals surface area contributed by atoms with Crippen molar-refractivity contribution in [3.8, 4) is 6.07 Å². The number of pyridine rings is 1. The van der Waals surface area contributed by atoms with Gasteiger partial charge in [-0.1, -0.05) is 0 Å². The summed E-state index contributed by atoms with van der Waals surface area (Å²) in [5.74, 6) is 0.432. The zero-order valence-electron chi connectivity index (χ0n) is 10.4. The molecule has 0 aromatic carbocycles. The van der Waals surface area contributed by atoms with E-state index in [9.17, 15) is 4.79 Å². The molecule has 1 atom stereocenters. The maximum absolute atomic E-state index is 11.6. The molecule has 1 unspecified atom stereocenters. The van der Waals surface area contributed by atoms with Crippen LogP contribution < -0.4 is 10.6 Å². The smallest absolute Gasteiger partial charge is 0.242 e. The average Bonchev–Trinajstić information content (AvgIpc) is 2.39. The van der Waals surface area contributed by atoms with Crippen molar-refractivity contribution in [1.29, 1.82) is 5.26 Å². The molecule has 1 aromatic rings. The van der Waals surface area contributed by atoms with Crippen molar-refractivity contribution in [3.63, 3.8) is 0 Å². The first-order chi connectivity index (χ1) is 8.67. The standard InChI is InChI=1S/C12H16N4O2/c1-9(12(17)14-5-6-18-2)16-11-4-3-10(7-13)8-15-11/h3-4,8-9H,5-6H2,1-2H3,(H,14,17)(H,15,16). The van der Waals surface area contributed by atoms with Gasteiger partial charge in [0.25, 0.3) is 0 Å². The largest absolute Gasteiger partial charge is 0.383 e. The third-order valence-corrected chi connectivity index (χ3v) is 2.26. The van der Waals surface area contributed by atoms with Crippen LogP contribution in [0, 0.1) is 11.3 Å². The predicted octanol–water partition coefficient (Wildman–Crippen LogP) is 0.516. The Labute approximate surface area is 106 Å². The molecule has 1 amide bonds. The Morgan fingerprint density at radius 3 is 2.94 bits per heavy atom. The monoisotopic (exact) mass is 248 g/mol. The Bertz CT molecular complexity index is 425. The fourth-order valence-corrected chi connectivity index (χ4v) is 1.26. The molecule has 1 heterocycles. The second kappa shape index (κ2) is 7.25. The summed E-state index contributed by atoms with van der Waals surface area (Å²) in [5.41, 5.74) is 0.484. The molecule has 0 bridgehead atoms. The molecule has 0 aliphatic heterocycles. The number of hydrogen-bond acceptors (Lipinski definition) is 5. The van der Waals surface area contributed by atoms with Crippen LogP contribution in [-0.2, 0) is 9.53 Å². The number of nitrogens with one attached hydrogen (secondary N) is 2. The molecular weight excluding hydrogens is 232 g/mol. The van der Waals surface area contributed by atoms with Crippen molar-refractivity contribution in [2.24, 2.45) is 0 Å². The Balaban J connectivity index is 2.45. The van der Waals surface area contributed by atoms with Gasteiger partial charge < -0.3 is 15.4 Å². The molecule has 0 aliphatic carbocycles. The van der Waals surface area contributed by atoms with Gasteiger partial charge >= 0.3 is 0 Å². The molecule has 0 aliphatic rings. The second-order valence-electron chi connectivity index (χ2n) is 3.69. The van der Waals surface area contributed by atoms with Crippen LogP contribution in [0.1, 0.15) is 12.5 Å². The molecule has 6 heteroatoms. The molecule has 0 saturated heterocycles. The van der Waals surface area contributed by atoms with Gasteiger partial charge in [-0.3, -0.25) is 4.79 Å². The van der Waals surface area contributed by atoms with E-state index < -0.39 is 6.04 Å². The number of ether oxygens (including phenoxy) is 1. The Morgan fingerprint density at radius 2 is 2.39 bits per heavy atom. The highest BCUT2D eigenvalue weighted by atomic mass is 16.5. The minimum Gasteiger partial charge on any atom is -0.383 e. The molecule has 0 saturated carbocycles. The fourth-order valence-electron chi connectivity index (χ4n) is 1.26. The molecule has 96 valence electrons. The molecule has 0 radical (unpaired) electrons. The van der Waals surface area contributed by atoms with Gasteiger partial charge in [0.2, 0.25) is 5.91 Å². The van der Waals surface area contributed by atoms with Crippen molar-refractivity contribution in [2.75, 3.05) is 25.6 Å². The van der Waals surface area contributed by atoms with Crippen LogP contribution in [0.4, 0.5) is 5.82 Å². The summed E-state index contributed by atoms with van der Waals surface area (Å²) in [6, 6.07) is 4.89. The summed E-state index contributed by atoms with van der Waals surface area (Å²) >= 11 is 0. The first-order valence-electron chi connectivity index (χ1n) is 5.56. The maximum atomic E-state index is 11.6. The minimum absolute atomic E-state index is 0.127. The van der Waals surface area contributed by atoms with Crippen LogP contribution in [0.2, 0.25) is 0 Å². The van der Waals surface area contributed by atoms with E-state index in [2.05, 4.69) is 15.6 Å². The maximum Gasteiger partial charge on any atom is 0.242 e. The summed E-state index contributed by atoms with van der Waals surface area (Å²) in [4.78, 5) is 15.7. The van der Waals surface area contributed by atoms with E-state index in [0.717, 1.165) is 0 Å². The molecule has 2 N–H and O–H groups in total. The number of carbonyl (C=O) groups excluding carboxylic acids is 1. The highest BCUT2D eigenvalue weighted by molar-refractivity contribution is 5.83. The van der Waals surface area contributed by atoms with Gasteiger partial charge in [-0.2, -0.15) is 5.26 Å². The van der Waals surface area contributed by atoms with Crippen LogP contribution in [-0.4, -0.2) is 37.2 Å². The zero-order chi connectivity index (χ0) is 13.4. The third-order valence-electron chi connectivity index (χ3n) is 2.26. The van der Waals surface area contributed by atoms with Crippen molar-refractivity contribution in [3.05, 3.63) is 23.9 Å². The highest BCUT2D eigenvalue weighted by Gasteiger charge is 2.12. The number of methoxy groups -OCH3 is 1. The van der Waals surface area contributed by atoms with Crippen molar-refractivity contribution in [1.82, 2.24) is 10.3 Å². The number of amides is 1.